The first kappa shape index (κ1) is 18.9. The molecule has 6 nitrogen and oxygen atoms in total. The SMILES string of the molecule is CCOc1ccc(S(=O)(=O)CC2CCC3(CC2)N=C(C)NC3=O)cc1C. The van der Waals surface area contributed by atoms with Crippen molar-refractivity contribution >= 4 is 21.6 Å². The maximum Gasteiger partial charge on any atom is 0.253 e. The molecule has 7 heteroatoms. The van der Waals surface area contributed by atoms with E-state index in [1.165, 1.54) is 0 Å². The number of ether oxygens (including phenoxy) is 1. The molecular formula is C19H26N2O4S. The number of benzene rings is 1. The second-order valence-corrected chi connectivity index (χ2v) is 9.30. The molecule has 0 unspecified atom stereocenters. The van der Waals surface area contributed by atoms with E-state index in [2.05, 4.69) is 10.3 Å². The van der Waals surface area contributed by atoms with Crippen molar-refractivity contribution in [2.75, 3.05) is 12.4 Å². The number of carbonyl (C=O) groups is 1. The fourth-order valence-electron chi connectivity index (χ4n) is 3.88. The van der Waals surface area contributed by atoms with E-state index in [0.29, 0.717) is 48.8 Å². The lowest BCUT2D eigenvalue weighted by Gasteiger charge is -2.32. The maximum atomic E-state index is 12.8. The summed E-state index contributed by atoms with van der Waals surface area (Å²) in [6, 6.07) is 5.03. The van der Waals surface area contributed by atoms with E-state index in [4.69, 9.17) is 4.74 Å². The number of aryl methyl sites for hydroxylation is 1. The lowest BCUT2D eigenvalue weighted by Crippen LogP contribution is -2.43. The average molecular weight is 378 g/mol. The molecule has 0 saturated heterocycles. The zero-order chi connectivity index (χ0) is 18.9. The number of rotatable bonds is 5. The van der Waals surface area contributed by atoms with Gasteiger partial charge in [0.05, 0.1) is 17.3 Å². The third kappa shape index (κ3) is 3.63. The van der Waals surface area contributed by atoms with Crippen molar-refractivity contribution < 1.29 is 17.9 Å². The van der Waals surface area contributed by atoms with Crippen molar-refractivity contribution in [1.29, 1.82) is 0 Å². The minimum atomic E-state index is -3.37. The molecule has 0 bridgehead atoms. The smallest absolute Gasteiger partial charge is 0.253 e. The molecule has 1 amide bonds. The van der Waals surface area contributed by atoms with Crippen molar-refractivity contribution in [3.05, 3.63) is 23.8 Å². The fraction of sp³-hybridized carbons (Fsp3) is 0.579. The Bertz CT molecular complexity index is 837. The summed E-state index contributed by atoms with van der Waals surface area (Å²) >= 11 is 0. The Labute approximate surface area is 155 Å². The summed E-state index contributed by atoms with van der Waals surface area (Å²) in [4.78, 5) is 17.0. The average Bonchev–Trinajstić information content (AvgIpc) is 2.85. The number of hydrogen-bond donors (Lipinski definition) is 1. The standard InChI is InChI=1S/C19H26N2O4S/c1-4-25-17-6-5-16(11-13(17)2)26(23,24)12-15-7-9-19(10-8-15)18(22)20-14(3)21-19/h5-6,11,15H,4,7-10,12H2,1-3H3,(H,20,21,22). The topological polar surface area (TPSA) is 84.8 Å². The fourth-order valence-corrected chi connectivity index (χ4v) is 5.66. The Balaban J connectivity index is 1.68. The number of sulfone groups is 1. The summed E-state index contributed by atoms with van der Waals surface area (Å²) in [7, 11) is -3.37. The van der Waals surface area contributed by atoms with E-state index in [9.17, 15) is 13.2 Å². The summed E-state index contributed by atoms with van der Waals surface area (Å²) < 4.78 is 31.1. The lowest BCUT2D eigenvalue weighted by molar-refractivity contribution is -0.125. The predicted octanol–water partition coefficient (Wildman–Crippen LogP) is 2.64. The monoisotopic (exact) mass is 378 g/mol. The van der Waals surface area contributed by atoms with Crippen LogP contribution < -0.4 is 10.1 Å². The van der Waals surface area contributed by atoms with Gasteiger partial charge < -0.3 is 10.1 Å². The molecule has 1 aliphatic carbocycles. The van der Waals surface area contributed by atoms with Crippen molar-refractivity contribution in [1.82, 2.24) is 5.32 Å². The number of nitrogens with one attached hydrogen (secondary N) is 1. The maximum absolute atomic E-state index is 12.8. The van der Waals surface area contributed by atoms with Gasteiger partial charge in [-0.2, -0.15) is 0 Å². The highest BCUT2D eigenvalue weighted by molar-refractivity contribution is 7.91. The van der Waals surface area contributed by atoms with Gasteiger partial charge in [-0.15, -0.1) is 0 Å². The molecule has 1 aromatic rings. The van der Waals surface area contributed by atoms with Crippen molar-refractivity contribution in [2.24, 2.45) is 10.9 Å². The van der Waals surface area contributed by atoms with E-state index in [1.54, 1.807) is 25.1 Å². The van der Waals surface area contributed by atoms with Crippen molar-refractivity contribution in [3.8, 4) is 5.75 Å². The molecule has 0 radical (unpaired) electrons. The van der Waals surface area contributed by atoms with Crippen LogP contribution >= 0.6 is 0 Å². The van der Waals surface area contributed by atoms with Gasteiger partial charge in [0.25, 0.3) is 5.91 Å². The number of amides is 1. The van der Waals surface area contributed by atoms with E-state index in [-0.39, 0.29) is 17.6 Å². The number of carbonyl (C=O) groups excluding carboxylic acids is 1. The van der Waals surface area contributed by atoms with Gasteiger partial charge in [-0.3, -0.25) is 9.79 Å². The van der Waals surface area contributed by atoms with E-state index < -0.39 is 15.4 Å². The zero-order valence-electron chi connectivity index (χ0n) is 15.5. The van der Waals surface area contributed by atoms with Gasteiger partial charge in [0.15, 0.2) is 9.84 Å². The van der Waals surface area contributed by atoms with Crippen LogP contribution in [0.2, 0.25) is 0 Å². The summed E-state index contributed by atoms with van der Waals surface area (Å²) in [5.41, 5.74) is 0.156. The van der Waals surface area contributed by atoms with E-state index in [0.717, 1.165) is 5.56 Å². The molecule has 1 fully saturated rings. The van der Waals surface area contributed by atoms with Gasteiger partial charge in [-0.1, -0.05) is 0 Å². The molecule has 1 aliphatic heterocycles. The van der Waals surface area contributed by atoms with Gasteiger partial charge in [0.1, 0.15) is 17.1 Å². The normalized spacial score (nSPS) is 25.9. The van der Waals surface area contributed by atoms with Gasteiger partial charge in [-0.05, 0) is 76.1 Å². The molecule has 1 heterocycles. The molecule has 1 spiro atoms. The van der Waals surface area contributed by atoms with Crippen LogP contribution in [0.4, 0.5) is 0 Å². The number of aliphatic imine (C=N–C) groups is 1. The summed E-state index contributed by atoms with van der Waals surface area (Å²) in [5, 5.41) is 2.77. The lowest BCUT2D eigenvalue weighted by atomic mass is 9.77. The van der Waals surface area contributed by atoms with Crippen LogP contribution in [0, 0.1) is 12.8 Å². The van der Waals surface area contributed by atoms with Gasteiger partial charge in [0.2, 0.25) is 0 Å². The Morgan fingerprint density at radius 1 is 1.27 bits per heavy atom. The Kier molecular flexibility index (Phi) is 5.10. The van der Waals surface area contributed by atoms with Gasteiger partial charge in [-0.25, -0.2) is 8.42 Å². The second kappa shape index (κ2) is 7.02. The van der Waals surface area contributed by atoms with Gasteiger partial charge in [0, 0.05) is 0 Å². The summed E-state index contributed by atoms with van der Waals surface area (Å²) in [5.74, 6) is 1.50. The highest BCUT2D eigenvalue weighted by Gasteiger charge is 2.45. The van der Waals surface area contributed by atoms with Crippen LogP contribution in [0.5, 0.6) is 5.75 Å². The number of hydrogen-bond acceptors (Lipinski definition) is 5. The van der Waals surface area contributed by atoms with E-state index >= 15 is 0 Å². The first-order chi connectivity index (χ1) is 12.3. The van der Waals surface area contributed by atoms with Crippen LogP contribution in [-0.4, -0.2) is 38.1 Å². The Morgan fingerprint density at radius 2 is 1.96 bits per heavy atom. The molecule has 142 valence electrons. The molecule has 1 saturated carbocycles. The number of nitrogens with zero attached hydrogens (tertiary/aromatic N) is 1. The Hall–Kier alpha value is -1.89. The first-order valence-electron chi connectivity index (χ1n) is 9.10. The molecule has 1 aromatic carbocycles. The van der Waals surface area contributed by atoms with Crippen LogP contribution in [0.15, 0.2) is 28.1 Å². The number of amidine groups is 1. The highest BCUT2D eigenvalue weighted by atomic mass is 32.2. The zero-order valence-corrected chi connectivity index (χ0v) is 16.4. The molecule has 2 aliphatic rings. The molecule has 3 rings (SSSR count). The van der Waals surface area contributed by atoms with Crippen LogP contribution in [0.3, 0.4) is 0 Å². The molecule has 0 aromatic heterocycles. The summed E-state index contributed by atoms with van der Waals surface area (Å²) in [6.07, 6.45) is 2.61. The minimum Gasteiger partial charge on any atom is -0.494 e. The Morgan fingerprint density at radius 3 is 2.50 bits per heavy atom. The van der Waals surface area contributed by atoms with Crippen LogP contribution in [-0.2, 0) is 14.6 Å². The van der Waals surface area contributed by atoms with E-state index in [1.807, 2.05) is 13.8 Å². The third-order valence-corrected chi connectivity index (χ3v) is 7.17. The summed E-state index contributed by atoms with van der Waals surface area (Å²) in [6.45, 7) is 6.09. The molecular weight excluding hydrogens is 352 g/mol. The highest BCUT2D eigenvalue weighted by Crippen LogP contribution is 2.38. The molecule has 26 heavy (non-hydrogen) atoms. The molecule has 1 N–H and O–H groups in total. The van der Waals surface area contributed by atoms with Crippen molar-refractivity contribution in [2.45, 2.75) is 56.9 Å². The largest absolute Gasteiger partial charge is 0.494 e. The van der Waals surface area contributed by atoms with Crippen LogP contribution in [0.1, 0.15) is 45.1 Å². The second-order valence-electron chi connectivity index (χ2n) is 7.27. The van der Waals surface area contributed by atoms with Crippen molar-refractivity contribution in [3.63, 3.8) is 0 Å². The minimum absolute atomic E-state index is 0.0431. The van der Waals surface area contributed by atoms with Crippen LogP contribution in [0.25, 0.3) is 0 Å². The molecule has 0 atom stereocenters. The quantitative estimate of drug-likeness (QED) is 0.854. The predicted molar refractivity (Wildman–Crippen MR) is 100 cm³/mol. The first-order valence-corrected chi connectivity index (χ1v) is 10.7. The van der Waals surface area contributed by atoms with Gasteiger partial charge >= 0.3 is 0 Å². The third-order valence-electron chi connectivity index (χ3n) is 5.29.